The first-order valence-corrected chi connectivity index (χ1v) is 7.93. The van der Waals surface area contributed by atoms with Gasteiger partial charge in [-0.1, -0.05) is 81.1 Å². The van der Waals surface area contributed by atoms with Gasteiger partial charge in [-0.2, -0.15) is 0 Å². The third-order valence-corrected chi connectivity index (χ3v) is 2.45. The first-order chi connectivity index (χ1) is 9.08. The van der Waals surface area contributed by atoms with Crippen LogP contribution in [0.5, 0.6) is 0 Å². The second kappa shape index (κ2) is 28.8. The maximum atomic E-state index is 6.83. The predicted octanol–water partition coefficient (Wildman–Crippen LogP) is 7.35. The summed E-state index contributed by atoms with van der Waals surface area (Å²) in [5.41, 5.74) is 27.3. The standard InChI is InChI=1S/4C4H10N.Zr/c4*1-3-4(2)5;/h4*4-5H,3H2,1-2H3;/q4*-1;+4. The van der Waals surface area contributed by atoms with E-state index in [1.54, 1.807) is 0 Å². The Morgan fingerprint density at radius 2 is 0.524 bits per heavy atom. The fraction of sp³-hybridized carbons (Fsp3) is 1.00. The molecule has 0 aromatic heterocycles. The fourth-order valence-corrected chi connectivity index (χ4v) is 0. The van der Waals surface area contributed by atoms with Gasteiger partial charge in [-0.05, 0) is 0 Å². The van der Waals surface area contributed by atoms with Crippen LogP contribution in [-0.4, -0.2) is 24.2 Å². The Hall–Kier alpha value is 0.723. The molecule has 5 heteroatoms. The van der Waals surface area contributed by atoms with Gasteiger partial charge in [0.2, 0.25) is 0 Å². The van der Waals surface area contributed by atoms with E-state index in [9.17, 15) is 0 Å². The maximum absolute atomic E-state index is 6.83. The molecule has 0 saturated heterocycles. The average molecular weight is 380 g/mol. The smallest absolute Gasteiger partial charge is 0.675 e. The van der Waals surface area contributed by atoms with Crippen molar-refractivity contribution < 1.29 is 26.2 Å². The minimum atomic E-state index is 0. The summed E-state index contributed by atoms with van der Waals surface area (Å²) in [6.07, 6.45) is 3.89. The molecule has 0 fully saturated rings. The first-order valence-electron chi connectivity index (χ1n) is 7.93. The second-order valence-electron chi connectivity index (χ2n) is 5.24. The molecule has 4 unspecified atom stereocenters. The SMILES string of the molecule is CCC(C)[NH-].CCC(C)[NH-].CCC(C)[NH-].CCC(C)[NH-].[Zr+4]. The predicted molar refractivity (Wildman–Crippen MR) is 96.3 cm³/mol. The number of hydrogen-bond donors (Lipinski definition) is 0. The third kappa shape index (κ3) is 95.5. The van der Waals surface area contributed by atoms with E-state index in [-0.39, 0.29) is 50.4 Å². The third-order valence-electron chi connectivity index (χ3n) is 2.45. The zero-order valence-electron chi connectivity index (χ0n) is 15.6. The van der Waals surface area contributed by atoms with Crippen LogP contribution in [0.15, 0.2) is 0 Å². The van der Waals surface area contributed by atoms with Crippen molar-refractivity contribution in [2.24, 2.45) is 0 Å². The van der Waals surface area contributed by atoms with Crippen LogP contribution in [0.4, 0.5) is 0 Å². The van der Waals surface area contributed by atoms with E-state index >= 15 is 0 Å². The Morgan fingerprint density at radius 3 is 0.524 bits per heavy atom. The normalized spacial score (nSPS) is 14.3. The monoisotopic (exact) mass is 378 g/mol. The van der Waals surface area contributed by atoms with Gasteiger partial charge in [0, 0.05) is 0 Å². The molecular formula is C16H40N4Zr. The number of nitrogens with one attached hydrogen (secondary N) is 4. The largest absolute Gasteiger partial charge is 4.00 e. The van der Waals surface area contributed by atoms with E-state index in [0.29, 0.717) is 0 Å². The van der Waals surface area contributed by atoms with Crippen LogP contribution in [0.25, 0.3) is 22.9 Å². The second-order valence-corrected chi connectivity index (χ2v) is 5.24. The van der Waals surface area contributed by atoms with E-state index in [4.69, 9.17) is 22.9 Å². The van der Waals surface area contributed by atoms with E-state index in [1.807, 2.05) is 55.4 Å². The molecule has 4 N–H and O–H groups in total. The summed E-state index contributed by atoms with van der Waals surface area (Å²) in [4.78, 5) is 0. The molecule has 21 heavy (non-hydrogen) atoms. The molecule has 4 nitrogen and oxygen atoms in total. The zero-order valence-corrected chi connectivity index (χ0v) is 18.1. The molecule has 0 aliphatic heterocycles. The topological polar surface area (TPSA) is 95.2 Å². The van der Waals surface area contributed by atoms with Crippen LogP contribution in [0.1, 0.15) is 81.1 Å². The van der Waals surface area contributed by atoms with Crippen molar-refractivity contribution in [1.29, 1.82) is 0 Å². The van der Waals surface area contributed by atoms with Gasteiger partial charge in [-0.3, -0.25) is 0 Å². The molecule has 0 aliphatic rings. The quantitative estimate of drug-likeness (QED) is 0.488. The van der Waals surface area contributed by atoms with E-state index in [0.717, 1.165) is 25.7 Å². The molecule has 0 aliphatic carbocycles. The van der Waals surface area contributed by atoms with Gasteiger partial charge >= 0.3 is 26.2 Å². The zero-order chi connectivity index (χ0) is 17.1. The number of hydrogen-bond acceptors (Lipinski definition) is 0. The minimum absolute atomic E-state index is 0. The molecule has 0 spiro atoms. The Morgan fingerprint density at radius 1 is 0.476 bits per heavy atom. The minimum Gasteiger partial charge on any atom is -0.675 e. The molecule has 0 heterocycles. The molecule has 4 atom stereocenters. The van der Waals surface area contributed by atoms with E-state index in [1.165, 1.54) is 0 Å². The van der Waals surface area contributed by atoms with Crippen LogP contribution < -0.4 is 0 Å². The van der Waals surface area contributed by atoms with Crippen LogP contribution in [0.2, 0.25) is 0 Å². The summed E-state index contributed by atoms with van der Waals surface area (Å²) in [6.45, 7) is 15.6. The first kappa shape index (κ1) is 33.4. The van der Waals surface area contributed by atoms with Gasteiger partial charge in [-0.25, -0.2) is 0 Å². The van der Waals surface area contributed by atoms with Crippen LogP contribution in [-0.2, 0) is 26.2 Å². The molecule has 0 rings (SSSR count). The van der Waals surface area contributed by atoms with Crippen molar-refractivity contribution in [3.8, 4) is 0 Å². The van der Waals surface area contributed by atoms with Gasteiger partial charge in [0.25, 0.3) is 0 Å². The van der Waals surface area contributed by atoms with E-state index in [2.05, 4.69) is 0 Å². The average Bonchev–Trinajstić information content (AvgIpc) is 2.40. The Kier molecular flexibility index (Phi) is 45.8. The Balaban J connectivity index is -0.0000000533. The molecule has 0 amide bonds. The maximum Gasteiger partial charge on any atom is 4.00 e. The van der Waals surface area contributed by atoms with Crippen molar-refractivity contribution in [3.05, 3.63) is 22.9 Å². The van der Waals surface area contributed by atoms with Gasteiger partial charge in [0.15, 0.2) is 0 Å². The van der Waals surface area contributed by atoms with Gasteiger partial charge in [0.1, 0.15) is 0 Å². The summed E-state index contributed by atoms with van der Waals surface area (Å²) >= 11 is 0. The molecule has 128 valence electrons. The van der Waals surface area contributed by atoms with Crippen LogP contribution in [0.3, 0.4) is 0 Å². The molecule has 0 aromatic carbocycles. The molecule has 0 aromatic rings. The van der Waals surface area contributed by atoms with Crippen molar-refractivity contribution >= 4 is 0 Å². The molecule has 0 saturated carbocycles. The van der Waals surface area contributed by atoms with Crippen molar-refractivity contribution in [1.82, 2.24) is 0 Å². The number of rotatable bonds is 4. The molecule has 0 radical (unpaired) electrons. The van der Waals surface area contributed by atoms with Crippen molar-refractivity contribution in [3.63, 3.8) is 0 Å². The van der Waals surface area contributed by atoms with Gasteiger partial charge in [-0.15, -0.1) is 24.2 Å². The van der Waals surface area contributed by atoms with Gasteiger partial charge < -0.3 is 22.9 Å². The van der Waals surface area contributed by atoms with Crippen molar-refractivity contribution in [2.75, 3.05) is 0 Å². The summed E-state index contributed by atoms with van der Waals surface area (Å²) in [5.74, 6) is 0. The summed E-state index contributed by atoms with van der Waals surface area (Å²) in [5, 5.41) is 0. The molecular weight excluding hydrogens is 339 g/mol. The van der Waals surface area contributed by atoms with Crippen LogP contribution >= 0.6 is 0 Å². The summed E-state index contributed by atoms with van der Waals surface area (Å²) in [7, 11) is 0. The fourth-order valence-electron chi connectivity index (χ4n) is 0. The summed E-state index contributed by atoms with van der Waals surface area (Å²) in [6, 6.07) is 0.537. The van der Waals surface area contributed by atoms with Gasteiger partial charge in [0.05, 0.1) is 0 Å². The Labute approximate surface area is 154 Å². The molecule has 0 bridgehead atoms. The van der Waals surface area contributed by atoms with Crippen molar-refractivity contribution in [2.45, 2.75) is 105 Å². The van der Waals surface area contributed by atoms with Crippen LogP contribution in [0, 0.1) is 0 Å². The van der Waals surface area contributed by atoms with E-state index < -0.39 is 0 Å². The summed E-state index contributed by atoms with van der Waals surface area (Å²) < 4.78 is 0. The Bertz CT molecular complexity index is 108.